The molecule has 7 heteroatoms. The zero-order valence-electron chi connectivity index (χ0n) is 15.2. The van der Waals surface area contributed by atoms with E-state index in [0.717, 1.165) is 0 Å². The number of esters is 2. The molecule has 3 rings (SSSR count). The number of carbonyl (C=O) groups excluding carboxylic acids is 4. The van der Waals surface area contributed by atoms with Crippen molar-refractivity contribution < 1.29 is 33.4 Å². The summed E-state index contributed by atoms with van der Waals surface area (Å²) >= 11 is 0. The lowest BCUT2D eigenvalue weighted by Gasteiger charge is -2.24. The standard InChI is InChI=1S/C20H16O7/c1-9-5-6-12(25-4)16-15(9)19(23)17-13(26-10(2)21)7-8-14(27-11(3)22)18(17)20(16)24/h5-8H,1-4H3. The van der Waals surface area contributed by atoms with E-state index in [1.165, 1.54) is 33.1 Å². The van der Waals surface area contributed by atoms with Crippen LogP contribution in [0.25, 0.3) is 0 Å². The van der Waals surface area contributed by atoms with Gasteiger partial charge in [-0.1, -0.05) is 6.07 Å². The van der Waals surface area contributed by atoms with Gasteiger partial charge in [-0.2, -0.15) is 0 Å². The Hall–Kier alpha value is -3.48. The lowest BCUT2D eigenvalue weighted by molar-refractivity contribution is -0.133. The van der Waals surface area contributed by atoms with Crippen LogP contribution in [0.3, 0.4) is 0 Å². The van der Waals surface area contributed by atoms with Crippen LogP contribution in [0.4, 0.5) is 0 Å². The zero-order valence-corrected chi connectivity index (χ0v) is 15.2. The predicted octanol–water partition coefficient (Wildman–Crippen LogP) is 2.63. The third kappa shape index (κ3) is 2.97. The van der Waals surface area contributed by atoms with Gasteiger partial charge in [0.1, 0.15) is 17.2 Å². The van der Waals surface area contributed by atoms with E-state index in [2.05, 4.69) is 0 Å². The van der Waals surface area contributed by atoms with Crippen LogP contribution in [0.15, 0.2) is 24.3 Å². The average Bonchev–Trinajstić information content (AvgIpc) is 2.59. The molecule has 0 amide bonds. The van der Waals surface area contributed by atoms with Crippen LogP contribution in [0.5, 0.6) is 17.2 Å². The van der Waals surface area contributed by atoms with Crippen LogP contribution in [0.1, 0.15) is 51.3 Å². The number of carbonyl (C=O) groups is 4. The Morgan fingerprint density at radius 1 is 0.704 bits per heavy atom. The zero-order chi connectivity index (χ0) is 19.9. The molecule has 7 nitrogen and oxygen atoms in total. The van der Waals surface area contributed by atoms with Gasteiger partial charge < -0.3 is 14.2 Å². The second kappa shape index (κ2) is 6.68. The molecule has 0 unspecified atom stereocenters. The molecule has 0 aliphatic heterocycles. The minimum Gasteiger partial charge on any atom is -0.496 e. The number of rotatable bonds is 3. The number of hydrogen-bond donors (Lipinski definition) is 0. The lowest BCUT2D eigenvalue weighted by Crippen LogP contribution is -2.25. The van der Waals surface area contributed by atoms with Gasteiger partial charge in [0, 0.05) is 19.4 Å². The van der Waals surface area contributed by atoms with E-state index < -0.39 is 23.5 Å². The van der Waals surface area contributed by atoms with Gasteiger partial charge in [0.25, 0.3) is 0 Å². The monoisotopic (exact) mass is 368 g/mol. The van der Waals surface area contributed by atoms with Crippen LogP contribution in [0.2, 0.25) is 0 Å². The first kappa shape index (κ1) is 18.3. The van der Waals surface area contributed by atoms with Crippen molar-refractivity contribution in [2.45, 2.75) is 20.8 Å². The van der Waals surface area contributed by atoms with Crippen molar-refractivity contribution in [2.75, 3.05) is 7.11 Å². The van der Waals surface area contributed by atoms with Crippen molar-refractivity contribution in [3.05, 3.63) is 52.1 Å². The van der Waals surface area contributed by atoms with E-state index >= 15 is 0 Å². The molecule has 0 saturated heterocycles. The van der Waals surface area contributed by atoms with Crippen LogP contribution in [-0.2, 0) is 9.59 Å². The average molecular weight is 368 g/mol. The number of aryl methyl sites for hydroxylation is 1. The van der Waals surface area contributed by atoms with Crippen LogP contribution < -0.4 is 14.2 Å². The molecule has 2 aromatic carbocycles. The second-order valence-corrected chi connectivity index (χ2v) is 5.99. The van der Waals surface area contributed by atoms with Crippen LogP contribution in [-0.4, -0.2) is 30.6 Å². The first-order valence-corrected chi connectivity index (χ1v) is 8.07. The Labute approximate surface area is 154 Å². The molecule has 0 fully saturated rings. The van der Waals surface area contributed by atoms with Gasteiger partial charge in [-0.3, -0.25) is 19.2 Å². The highest BCUT2D eigenvalue weighted by Gasteiger charge is 2.38. The van der Waals surface area contributed by atoms with Gasteiger partial charge in [0.15, 0.2) is 5.78 Å². The van der Waals surface area contributed by atoms with E-state index in [0.29, 0.717) is 5.56 Å². The summed E-state index contributed by atoms with van der Waals surface area (Å²) in [5.74, 6) is -2.29. The summed E-state index contributed by atoms with van der Waals surface area (Å²) in [4.78, 5) is 49.4. The van der Waals surface area contributed by atoms with Crippen molar-refractivity contribution in [3.63, 3.8) is 0 Å². The maximum absolute atomic E-state index is 13.3. The van der Waals surface area contributed by atoms with Gasteiger partial charge >= 0.3 is 11.9 Å². The largest absolute Gasteiger partial charge is 0.496 e. The molecular formula is C20H16O7. The number of ketones is 2. The van der Waals surface area contributed by atoms with Crippen LogP contribution >= 0.6 is 0 Å². The Kier molecular flexibility index (Phi) is 4.53. The first-order valence-electron chi connectivity index (χ1n) is 8.07. The van der Waals surface area contributed by atoms with Crippen molar-refractivity contribution >= 4 is 23.5 Å². The highest BCUT2D eigenvalue weighted by molar-refractivity contribution is 6.31. The van der Waals surface area contributed by atoms with E-state index in [1.54, 1.807) is 19.1 Å². The third-order valence-electron chi connectivity index (χ3n) is 4.14. The minimum atomic E-state index is -0.653. The number of ether oxygens (including phenoxy) is 3. The molecule has 138 valence electrons. The molecule has 0 atom stereocenters. The molecule has 2 aromatic rings. The third-order valence-corrected chi connectivity index (χ3v) is 4.14. The van der Waals surface area contributed by atoms with Crippen molar-refractivity contribution in [1.29, 1.82) is 0 Å². The molecule has 0 heterocycles. The molecule has 0 aromatic heterocycles. The van der Waals surface area contributed by atoms with Gasteiger partial charge in [-0.05, 0) is 30.7 Å². The number of fused-ring (bicyclic) bond motifs is 2. The fourth-order valence-corrected chi connectivity index (χ4v) is 3.12. The fourth-order valence-electron chi connectivity index (χ4n) is 3.12. The predicted molar refractivity (Wildman–Crippen MR) is 93.7 cm³/mol. The first-order chi connectivity index (χ1) is 12.8. The molecular weight excluding hydrogens is 352 g/mol. The van der Waals surface area contributed by atoms with Crippen LogP contribution in [0, 0.1) is 6.92 Å². The second-order valence-electron chi connectivity index (χ2n) is 5.99. The molecule has 1 aliphatic carbocycles. The molecule has 0 saturated carbocycles. The number of hydrogen-bond acceptors (Lipinski definition) is 7. The van der Waals surface area contributed by atoms with Gasteiger partial charge in [-0.15, -0.1) is 0 Å². The van der Waals surface area contributed by atoms with Crippen molar-refractivity contribution in [2.24, 2.45) is 0 Å². The van der Waals surface area contributed by atoms with E-state index in [1.807, 2.05) is 0 Å². The summed E-state index contributed by atoms with van der Waals surface area (Å²) in [5, 5.41) is 0. The molecule has 1 aliphatic rings. The Bertz CT molecular complexity index is 1020. The molecule has 27 heavy (non-hydrogen) atoms. The summed E-state index contributed by atoms with van der Waals surface area (Å²) in [6.45, 7) is 4.06. The van der Waals surface area contributed by atoms with Gasteiger partial charge in [0.05, 0.1) is 23.8 Å². The minimum absolute atomic E-state index is 0.0698. The molecule has 0 radical (unpaired) electrons. The Morgan fingerprint density at radius 3 is 1.56 bits per heavy atom. The highest BCUT2D eigenvalue weighted by atomic mass is 16.5. The lowest BCUT2D eigenvalue weighted by atomic mass is 9.80. The van der Waals surface area contributed by atoms with Gasteiger partial charge in [-0.25, -0.2) is 0 Å². The normalized spacial score (nSPS) is 12.1. The van der Waals surface area contributed by atoms with E-state index in [-0.39, 0.29) is 39.5 Å². The Balaban J connectivity index is 2.37. The topological polar surface area (TPSA) is 96.0 Å². The van der Waals surface area contributed by atoms with E-state index in [9.17, 15) is 19.2 Å². The quantitative estimate of drug-likeness (QED) is 0.518. The maximum atomic E-state index is 13.3. The van der Waals surface area contributed by atoms with E-state index in [4.69, 9.17) is 14.2 Å². The SMILES string of the molecule is COc1ccc(C)c2c1C(=O)c1c(OC(C)=O)ccc(OC(C)=O)c1C2=O. The number of benzene rings is 2. The van der Waals surface area contributed by atoms with Crippen molar-refractivity contribution in [1.82, 2.24) is 0 Å². The Morgan fingerprint density at radius 2 is 1.11 bits per heavy atom. The smallest absolute Gasteiger partial charge is 0.308 e. The summed E-state index contributed by atoms with van der Waals surface area (Å²) < 4.78 is 15.5. The molecule has 0 N–H and O–H groups in total. The fraction of sp³-hybridized carbons (Fsp3) is 0.200. The summed E-state index contributed by atoms with van der Waals surface area (Å²) in [6.07, 6.45) is 0. The molecule has 0 bridgehead atoms. The van der Waals surface area contributed by atoms with Gasteiger partial charge in [0.2, 0.25) is 5.78 Å². The summed E-state index contributed by atoms with van der Waals surface area (Å²) in [7, 11) is 1.39. The summed E-state index contributed by atoms with van der Waals surface area (Å²) in [5.41, 5.74) is 0.577. The molecule has 0 spiro atoms. The highest BCUT2D eigenvalue weighted by Crippen LogP contribution is 2.42. The maximum Gasteiger partial charge on any atom is 0.308 e. The summed E-state index contributed by atoms with van der Waals surface area (Å²) in [6, 6.07) is 5.89. The van der Waals surface area contributed by atoms with Crippen molar-refractivity contribution in [3.8, 4) is 17.2 Å². The number of methoxy groups -OCH3 is 1.